The first-order chi connectivity index (χ1) is 15.7. The van der Waals surface area contributed by atoms with Crippen molar-refractivity contribution in [3.63, 3.8) is 0 Å². The highest BCUT2D eigenvalue weighted by atomic mass is 32.2. The SMILES string of the molecule is Cc1nc2cc(NC(=O)c3ccc(S(=O)(=O)N(Cc4ccccc4)C(C)C)cc3)ccc2s1. The van der Waals surface area contributed by atoms with E-state index in [1.807, 2.05) is 69.3 Å². The standard InChI is InChI=1S/C25H25N3O3S2/c1-17(2)28(16-19-7-5-4-6-8-19)33(30,31)22-12-9-20(10-13-22)25(29)27-21-11-14-24-23(15-21)26-18(3)32-24/h4-15,17H,16H2,1-3H3,(H,27,29). The van der Waals surface area contributed by atoms with Crippen LogP contribution in [-0.4, -0.2) is 29.7 Å². The molecular formula is C25H25N3O3S2. The van der Waals surface area contributed by atoms with E-state index in [4.69, 9.17) is 0 Å². The van der Waals surface area contributed by atoms with Gasteiger partial charge in [0.1, 0.15) is 0 Å². The Morgan fingerprint density at radius 3 is 2.39 bits per heavy atom. The molecule has 1 aromatic heterocycles. The third-order valence-corrected chi connectivity index (χ3v) is 8.22. The van der Waals surface area contributed by atoms with E-state index in [-0.39, 0.29) is 23.4 Å². The zero-order chi connectivity index (χ0) is 23.6. The third kappa shape index (κ3) is 5.13. The monoisotopic (exact) mass is 479 g/mol. The number of sulfonamides is 1. The molecule has 0 aliphatic heterocycles. The molecule has 0 saturated carbocycles. The molecule has 0 bridgehead atoms. The van der Waals surface area contributed by atoms with E-state index in [0.29, 0.717) is 11.3 Å². The van der Waals surface area contributed by atoms with Crippen LogP contribution in [0.2, 0.25) is 0 Å². The quantitative estimate of drug-likeness (QED) is 0.382. The Kier molecular flexibility index (Phi) is 6.60. The van der Waals surface area contributed by atoms with Crippen molar-refractivity contribution < 1.29 is 13.2 Å². The van der Waals surface area contributed by atoms with Gasteiger partial charge in [-0.05, 0) is 68.8 Å². The molecule has 6 nitrogen and oxygen atoms in total. The second-order valence-corrected chi connectivity index (χ2v) is 11.1. The molecule has 4 aromatic rings. The fourth-order valence-corrected chi connectivity index (χ4v) is 5.98. The van der Waals surface area contributed by atoms with Crippen LogP contribution in [0, 0.1) is 6.92 Å². The van der Waals surface area contributed by atoms with Crippen molar-refractivity contribution in [3.8, 4) is 0 Å². The molecular weight excluding hydrogens is 454 g/mol. The van der Waals surface area contributed by atoms with Gasteiger partial charge in [0.2, 0.25) is 10.0 Å². The number of rotatable bonds is 7. The lowest BCUT2D eigenvalue weighted by Gasteiger charge is -2.26. The molecule has 33 heavy (non-hydrogen) atoms. The zero-order valence-corrected chi connectivity index (χ0v) is 20.3. The summed E-state index contributed by atoms with van der Waals surface area (Å²) in [6.45, 7) is 5.92. The fraction of sp³-hybridized carbons (Fsp3) is 0.200. The molecule has 1 N–H and O–H groups in total. The Balaban J connectivity index is 1.52. The van der Waals surface area contributed by atoms with Crippen LogP contribution in [0.5, 0.6) is 0 Å². The van der Waals surface area contributed by atoms with Crippen LogP contribution in [-0.2, 0) is 16.6 Å². The average molecular weight is 480 g/mol. The summed E-state index contributed by atoms with van der Waals surface area (Å²) in [6, 6.07) is 20.9. The van der Waals surface area contributed by atoms with Crippen LogP contribution in [0.25, 0.3) is 10.2 Å². The Morgan fingerprint density at radius 1 is 1.03 bits per heavy atom. The molecule has 0 fully saturated rings. The number of hydrogen-bond donors (Lipinski definition) is 1. The lowest BCUT2D eigenvalue weighted by atomic mass is 10.2. The highest BCUT2D eigenvalue weighted by molar-refractivity contribution is 7.89. The number of carbonyl (C=O) groups excluding carboxylic acids is 1. The number of benzene rings is 3. The number of nitrogens with one attached hydrogen (secondary N) is 1. The normalized spacial score (nSPS) is 11.9. The van der Waals surface area contributed by atoms with Crippen molar-refractivity contribution >= 4 is 43.2 Å². The minimum Gasteiger partial charge on any atom is -0.322 e. The number of nitrogens with zero attached hydrogens (tertiary/aromatic N) is 2. The number of hydrogen-bond acceptors (Lipinski definition) is 5. The Morgan fingerprint density at radius 2 is 1.73 bits per heavy atom. The van der Waals surface area contributed by atoms with Gasteiger partial charge in [0.15, 0.2) is 0 Å². The van der Waals surface area contributed by atoms with Gasteiger partial charge in [0, 0.05) is 23.8 Å². The molecule has 170 valence electrons. The first-order valence-electron chi connectivity index (χ1n) is 10.6. The number of thiazole rings is 1. The first kappa shape index (κ1) is 23.1. The van der Waals surface area contributed by atoms with Gasteiger partial charge in [-0.1, -0.05) is 30.3 Å². The smallest absolute Gasteiger partial charge is 0.255 e. The van der Waals surface area contributed by atoms with E-state index < -0.39 is 10.0 Å². The Labute approximate surface area is 198 Å². The van der Waals surface area contributed by atoms with Gasteiger partial charge >= 0.3 is 0 Å². The van der Waals surface area contributed by atoms with Crippen LogP contribution in [0.4, 0.5) is 5.69 Å². The third-order valence-electron chi connectivity index (χ3n) is 5.23. The first-order valence-corrected chi connectivity index (χ1v) is 12.8. The van der Waals surface area contributed by atoms with Crippen LogP contribution in [0.1, 0.15) is 34.8 Å². The summed E-state index contributed by atoms with van der Waals surface area (Å²) in [5.41, 5.74) is 2.77. The molecule has 0 spiro atoms. The van der Waals surface area contributed by atoms with E-state index in [2.05, 4.69) is 10.3 Å². The second-order valence-electron chi connectivity index (χ2n) is 8.02. The average Bonchev–Trinajstić information content (AvgIpc) is 3.17. The summed E-state index contributed by atoms with van der Waals surface area (Å²) in [5, 5.41) is 3.82. The van der Waals surface area contributed by atoms with Crippen molar-refractivity contribution in [1.82, 2.24) is 9.29 Å². The van der Waals surface area contributed by atoms with Crippen molar-refractivity contribution in [3.05, 3.63) is 88.9 Å². The molecule has 8 heteroatoms. The maximum Gasteiger partial charge on any atom is 0.255 e. The lowest BCUT2D eigenvalue weighted by molar-refractivity contribution is 0.102. The maximum atomic E-state index is 13.3. The topological polar surface area (TPSA) is 79.4 Å². The molecule has 0 aliphatic rings. The Bertz CT molecular complexity index is 1380. The van der Waals surface area contributed by atoms with E-state index >= 15 is 0 Å². The lowest BCUT2D eigenvalue weighted by Crippen LogP contribution is -2.36. The summed E-state index contributed by atoms with van der Waals surface area (Å²) in [6.07, 6.45) is 0. The highest BCUT2D eigenvalue weighted by Gasteiger charge is 2.27. The van der Waals surface area contributed by atoms with Crippen molar-refractivity contribution in [1.29, 1.82) is 0 Å². The van der Waals surface area contributed by atoms with Gasteiger partial charge in [0.05, 0.1) is 20.1 Å². The number of amides is 1. The van der Waals surface area contributed by atoms with Crippen LogP contribution >= 0.6 is 11.3 Å². The molecule has 4 rings (SSSR count). The van der Waals surface area contributed by atoms with E-state index in [1.165, 1.54) is 28.6 Å². The predicted molar refractivity (Wildman–Crippen MR) is 133 cm³/mol. The van der Waals surface area contributed by atoms with E-state index in [9.17, 15) is 13.2 Å². The molecule has 3 aromatic carbocycles. The number of fused-ring (bicyclic) bond motifs is 1. The van der Waals surface area contributed by atoms with Gasteiger partial charge < -0.3 is 5.32 Å². The Hall–Kier alpha value is -3.07. The van der Waals surface area contributed by atoms with Gasteiger partial charge in [-0.15, -0.1) is 11.3 Å². The van der Waals surface area contributed by atoms with E-state index in [1.54, 1.807) is 11.3 Å². The fourth-order valence-electron chi connectivity index (χ4n) is 3.55. The van der Waals surface area contributed by atoms with E-state index in [0.717, 1.165) is 20.8 Å². The summed E-state index contributed by atoms with van der Waals surface area (Å²) in [7, 11) is -3.73. The van der Waals surface area contributed by atoms with Crippen molar-refractivity contribution in [2.24, 2.45) is 0 Å². The van der Waals surface area contributed by atoms with Gasteiger partial charge in [-0.2, -0.15) is 4.31 Å². The number of anilines is 1. The summed E-state index contributed by atoms with van der Waals surface area (Å²) < 4.78 is 29.1. The number of aromatic nitrogens is 1. The summed E-state index contributed by atoms with van der Waals surface area (Å²) in [4.78, 5) is 17.3. The number of aryl methyl sites for hydroxylation is 1. The van der Waals surface area contributed by atoms with Crippen LogP contribution in [0.15, 0.2) is 77.7 Å². The molecule has 1 amide bonds. The van der Waals surface area contributed by atoms with Crippen LogP contribution in [0.3, 0.4) is 0 Å². The largest absolute Gasteiger partial charge is 0.322 e. The molecule has 0 aliphatic carbocycles. The molecule has 0 radical (unpaired) electrons. The van der Waals surface area contributed by atoms with Gasteiger partial charge in [-0.25, -0.2) is 13.4 Å². The molecule has 0 unspecified atom stereocenters. The number of carbonyl (C=O) groups is 1. The highest BCUT2D eigenvalue weighted by Crippen LogP contribution is 2.25. The molecule has 0 atom stereocenters. The molecule has 0 saturated heterocycles. The van der Waals surface area contributed by atoms with Gasteiger partial charge in [0.25, 0.3) is 5.91 Å². The van der Waals surface area contributed by atoms with Crippen molar-refractivity contribution in [2.75, 3.05) is 5.32 Å². The molecule has 1 heterocycles. The van der Waals surface area contributed by atoms with Gasteiger partial charge in [-0.3, -0.25) is 4.79 Å². The van der Waals surface area contributed by atoms with Crippen molar-refractivity contribution in [2.45, 2.75) is 38.3 Å². The predicted octanol–water partition coefficient (Wildman–Crippen LogP) is 5.46. The maximum absolute atomic E-state index is 13.3. The summed E-state index contributed by atoms with van der Waals surface area (Å²) >= 11 is 1.60. The zero-order valence-electron chi connectivity index (χ0n) is 18.6. The van der Waals surface area contributed by atoms with Crippen LogP contribution < -0.4 is 5.32 Å². The minimum atomic E-state index is -3.73. The minimum absolute atomic E-state index is 0.156. The second kappa shape index (κ2) is 9.43. The summed E-state index contributed by atoms with van der Waals surface area (Å²) in [5.74, 6) is -0.310.